The van der Waals surface area contributed by atoms with Crippen molar-refractivity contribution < 1.29 is 4.42 Å². The molecule has 0 bridgehead atoms. The Morgan fingerprint density at radius 2 is 1.79 bits per heavy atom. The Labute approximate surface area is 112 Å². The van der Waals surface area contributed by atoms with Crippen LogP contribution in [0.2, 0.25) is 0 Å². The molecule has 0 aliphatic heterocycles. The van der Waals surface area contributed by atoms with E-state index in [1.54, 1.807) is 0 Å². The Kier molecular flexibility index (Phi) is 3.07. The van der Waals surface area contributed by atoms with Gasteiger partial charge in [-0.3, -0.25) is 5.84 Å². The Hall–Kier alpha value is -2.10. The molecule has 3 aromatic rings. The van der Waals surface area contributed by atoms with Crippen LogP contribution >= 0.6 is 0 Å². The summed E-state index contributed by atoms with van der Waals surface area (Å²) in [6, 6.07) is 18.1. The summed E-state index contributed by atoms with van der Waals surface area (Å²) in [6.45, 7) is 2.07. The van der Waals surface area contributed by atoms with E-state index in [1.165, 1.54) is 5.56 Å². The largest absolute Gasteiger partial charge is 0.459 e. The molecule has 3 nitrogen and oxygen atoms in total. The molecule has 1 unspecified atom stereocenters. The highest BCUT2D eigenvalue weighted by Crippen LogP contribution is 2.27. The Balaban J connectivity index is 2.04. The van der Waals surface area contributed by atoms with E-state index in [9.17, 15) is 0 Å². The molecule has 1 heterocycles. The number of fused-ring (bicyclic) bond motifs is 1. The average molecular weight is 252 g/mol. The van der Waals surface area contributed by atoms with Crippen molar-refractivity contribution >= 4 is 11.0 Å². The molecule has 19 heavy (non-hydrogen) atoms. The van der Waals surface area contributed by atoms with E-state index in [-0.39, 0.29) is 6.04 Å². The van der Waals surface area contributed by atoms with Crippen LogP contribution in [0.15, 0.2) is 59.0 Å². The topological polar surface area (TPSA) is 51.2 Å². The van der Waals surface area contributed by atoms with Gasteiger partial charge in [-0.05, 0) is 24.6 Å². The summed E-state index contributed by atoms with van der Waals surface area (Å²) in [5.41, 5.74) is 6.02. The Bertz CT molecular complexity index is 652. The number of nitrogens with one attached hydrogen (secondary N) is 1. The SMILES string of the molecule is Cc1ccc(C(NN)c2cc3ccccc3o2)cc1. The van der Waals surface area contributed by atoms with Crippen molar-refractivity contribution in [3.8, 4) is 0 Å². The summed E-state index contributed by atoms with van der Waals surface area (Å²) < 4.78 is 5.86. The number of furan rings is 1. The fourth-order valence-corrected chi connectivity index (χ4v) is 2.25. The van der Waals surface area contributed by atoms with E-state index in [0.717, 1.165) is 22.3 Å². The van der Waals surface area contributed by atoms with Gasteiger partial charge in [0.15, 0.2) is 0 Å². The maximum Gasteiger partial charge on any atom is 0.134 e. The molecule has 96 valence electrons. The molecule has 0 saturated carbocycles. The third-order valence-corrected chi connectivity index (χ3v) is 3.31. The van der Waals surface area contributed by atoms with Crippen molar-refractivity contribution in [1.29, 1.82) is 0 Å². The lowest BCUT2D eigenvalue weighted by atomic mass is 10.0. The van der Waals surface area contributed by atoms with Crippen molar-refractivity contribution in [3.05, 3.63) is 71.5 Å². The molecule has 0 amide bonds. The molecule has 0 spiro atoms. The zero-order valence-corrected chi connectivity index (χ0v) is 10.8. The summed E-state index contributed by atoms with van der Waals surface area (Å²) in [5, 5.41) is 1.09. The maximum absolute atomic E-state index is 5.86. The van der Waals surface area contributed by atoms with E-state index in [0.29, 0.717) is 0 Å². The number of nitrogens with two attached hydrogens (primary N) is 1. The molecular formula is C16H16N2O. The zero-order valence-electron chi connectivity index (χ0n) is 10.8. The van der Waals surface area contributed by atoms with Gasteiger partial charge in [-0.2, -0.15) is 0 Å². The van der Waals surface area contributed by atoms with Crippen LogP contribution in [0.1, 0.15) is 22.9 Å². The van der Waals surface area contributed by atoms with Gasteiger partial charge in [0.05, 0.1) is 0 Å². The first-order valence-electron chi connectivity index (χ1n) is 6.29. The lowest BCUT2D eigenvalue weighted by Crippen LogP contribution is -2.28. The number of benzene rings is 2. The lowest BCUT2D eigenvalue weighted by molar-refractivity contribution is 0.477. The first-order valence-corrected chi connectivity index (χ1v) is 6.29. The monoisotopic (exact) mass is 252 g/mol. The van der Waals surface area contributed by atoms with Gasteiger partial charge in [-0.25, -0.2) is 5.43 Å². The molecule has 0 aliphatic carbocycles. The number of para-hydroxylation sites is 1. The molecule has 2 aromatic carbocycles. The van der Waals surface area contributed by atoms with Gasteiger partial charge in [0.1, 0.15) is 17.4 Å². The second-order valence-corrected chi connectivity index (χ2v) is 4.70. The van der Waals surface area contributed by atoms with Crippen LogP contribution in [-0.4, -0.2) is 0 Å². The summed E-state index contributed by atoms with van der Waals surface area (Å²) in [6.07, 6.45) is 0. The molecule has 1 atom stereocenters. The normalized spacial score (nSPS) is 12.7. The van der Waals surface area contributed by atoms with Gasteiger partial charge >= 0.3 is 0 Å². The van der Waals surface area contributed by atoms with Crippen molar-refractivity contribution in [2.75, 3.05) is 0 Å². The highest BCUT2D eigenvalue weighted by molar-refractivity contribution is 5.77. The number of hydrogen-bond acceptors (Lipinski definition) is 3. The average Bonchev–Trinajstić information content (AvgIpc) is 2.85. The second-order valence-electron chi connectivity index (χ2n) is 4.70. The zero-order chi connectivity index (χ0) is 13.2. The maximum atomic E-state index is 5.86. The number of rotatable bonds is 3. The van der Waals surface area contributed by atoms with Crippen LogP contribution in [-0.2, 0) is 0 Å². The summed E-state index contributed by atoms with van der Waals surface area (Å²) in [5.74, 6) is 6.51. The van der Waals surface area contributed by atoms with Crippen LogP contribution in [0.5, 0.6) is 0 Å². The van der Waals surface area contributed by atoms with E-state index < -0.39 is 0 Å². The third kappa shape index (κ3) is 2.26. The van der Waals surface area contributed by atoms with Gasteiger partial charge in [-0.15, -0.1) is 0 Å². The molecular weight excluding hydrogens is 236 g/mol. The van der Waals surface area contributed by atoms with Crippen LogP contribution in [0.4, 0.5) is 0 Å². The fourth-order valence-electron chi connectivity index (χ4n) is 2.25. The van der Waals surface area contributed by atoms with Crippen molar-refractivity contribution in [2.45, 2.75) is 13.0 Å². The number of hydrogen-bond donors (Lipinski definition) is 2. The quantitative estimate of drug-likeness (QED) is 0.555. The molecule has 0 aliphatic rings. The summed E-state index contributed by atoms with van der Waals surface area (Å²) >= 11 is 0. The Morgan fingerprint density at radius 1 is 1.05 bits per heavy atom. The van der Waals surface area contributed by atoms with Crippen LogP contribution in [0.3, 0.4) is 0 Å². The lowest BCUT2D eigenvalue weighted by Gasteiger charge is -2.13. The van der Waals surface area contributed by atoms with Gasteiger partial charge in [0.25, 0.3) is 0 Å². The highest BCUT2D eigenvalue weighted by Gasteiger charge is 2.16. The smallest absolute Gasteiger partial charge is 0.134 e. The first kappa shape index (κ1) is 12.0. The number of aryl methyl sites for hydroxylation is 1. The molecule has 3 N–H and O–H groups in total. The molecule has 0 radical (unpaired) electrons. The van der Waals surface area contributed by atoms with E-state index >= 15 is 0 Å². The Morgan fingerprint density at radius 3 is 2.47 bits per heavy atom. The van der Waals surface area contributed by atoms with E-state index in [1.807, 2.05) is 30.3 Å². The summed E-state index contributed by atoms with van der Waals surface area (Å²) in [4.78, 5) is 0. The predicted molar refractivity (Wildman–Crippen MR) is 76.6 cm³/mol. The van der Waals surface area contributed by atoms with Crippen LogP contribution < -0.4 is 11.3 Å². The molecule has 1 aromatic heterocycles. The van der Waals surface area contributed by atoms with E-state index in [4.69, 9.17) is 10.3 Å². The van der Waals surface area contributed by atoms with Crippen molar-refractivity contribution in [3.63, 3.8) is 0 Å². The molecule has 3 rings (SSSR count). The van der Waals surface area contributed by atoms with E-state index in [2.05, 4.69) is 36.6 Å². The van der Waals surface area contributed by atoms with Crippen molar-refractivity contribution in [1.82, 2.24) is 5.43 Å². The minimum atomic E-state index is -0.131. The number of hydrazine groups is 1. The molecule has 0 fully saturated rings. The second kappa shape index (κ2) is 4.88. The highest BCUT2D eigenvalue weighted by atomic mass is 16.3. The molecule has 3 heteroatoms. The third-order valence-electron chi connectivity index (χ3n) is 3.31. The minimum Gasteiger partial charge on any atom is -0.459 e. The summed E-state index contributed by atoms with van der Waals surface area (Å²) in [7, 11) is 0. The van der Waals surface area contributed by atoms with Gasteiger partial charge < -0.3 is 4.42 Å². The van der Waals surface area contributed by atoms with Crippen molar-refractivity contribution in [2.24, 2.45) is 5.84 Å². The minimum absolute atomic E-state index is 0.131. The first-order chi connectivity index (χ1) is 9.28. The fraction of sp³-hybridized carbons (Fsp3) is 0.125. The predicted octanol–water partition coefficient (Wildman–Crippen LogP) is 3.29. The van der Waals surface area contributed by atoms with Gasteiger partial charge in [0, 0.05) is 5.39 Å². The standard InChI is InChI=1S/C16H16N2O/c1-11-6-8-12(9-7-11)16(18-17)15-10-13-4-2-3-5-14(13)19-15/h2-10,16,18H,17H2,1H3. The van der Waals surface area contributed by atoms with Crippen LogP contribution in [0.25, 0.3) is 11.0 Å². The van der Waals surface area contributed by atoms with Crippen LogP contribution in [0, 0.1) is 6.92 Å². The van der Waals surface area contributed by atoms with Gasteiger partial charge in [-0.1, -0.05) is 48.0 Å². The molecule has 0 saturated heterocycles. The van der Waals surface area contributed by atoms with Gasteiger partial charge in [0.2, 0.25) is 0 Å².